The van der Waals surface area contributed by atoms with Gasteiger partial charge in [-0.05, 0) is 42.9 Å². The average molecular weight is 435 g/mol. The van der Waals surface area contributed by atoms with Crippen LogP contribution in [0.4, 0.5) is 0 Å². The second-order valence-electron chi connectivity index (χ2n) is 8.10. The Morgan fingerprint density at radius 1 is 1.03 bits per heavy atom. The summed E-state index contributed by atoms with van der Waals surface area (Å²) in [6, 6.07) is 7.03. The summed E-state index contributed by atoms with van der Waals surface area (Å²) in [5, 5.41) is 9.41. The Bertz CT molecular complexity index is 902. The molecule has 1 N–H and O–H groups in total. The van der Waals surface area contributed by atoms with Gasteiger partial charge in [-0.25, -0.2) is 8.42 Å². The van der Waals surface area contributed by atoms with Crippen LogP contribution in [0.25, 0.3) is 0 Å². The summed E-state index contributed by atoms with van der Waals surface area (Å²) in [4.78, 5) is 26.2. The van der Waals surface area contributed by atoms with Crippen LogP contribution in [0.2, 0.25) is 0 Å². The smallest absolute Gasteiger partial charge is 0.307 e. The number of benzene rings is 1. The molecule has 0 bridgehead atoms. The summed E-state index contributed by atoms with van der Waals surface area (Å²) >= 11 is 0. The predicted molar refractivity (Wildman–Crippen MR) is 113 cm³/mol. The highest BCUT2D eigenvalue weighted by Crippen LogP contribution is 2.29. The van der Waals surface area contributed by atoms with Gasteiger partial charge in [0.1, 0.15) is 0 Å². The zero-order valence-electron chi connectivity index (χ0n) is 17.5. The summed E-state index contributed by atoms with van der Waals surface area (Å²) in [6.07, 6.45) is 5.41. The summed E-state index contributed by atoms with van der Waals surface area (Å²) in [5.74, 6) is -2.07. The first-order valence-electron chi connectivity index (χ1n) is 10.5. The molecule has 1 aliphatic heterocycles. The van der Waals surface area contributed by atoms with Crippen molar-refractivity contribution in [2.75, 3.05) is 26.2 Å². The predicted octanol–water partition coefficient (Wildman–Crippen LogP) is 2.70. The van der Waals surface area contributed by atoms with Gasteiger partial charge in [0.25, 0.3) is 0 Å². The van der Waals surface area contributed by atoms with Crippen molar-refractivity contribution in [2.24, 2.45) is 11.8 Å². The molecule has 1 amide bonds. The Kier molecular flexibility index (Phi) is 6.98. The van der Waals surface area contributed by atoms with Crippen molar-refractivity contribution in [3.63, 3.8) is 0 Å². The molecule has 30 heavy (non-hydrogen) atoms. The SMILES string of the molecule is CC[C@H](C)c1ccc(S(=O)(=O)N2CCN(C(=O)[C@@H]3CC=CC[C@@H]3C(=O)O)CC2)cc1. The first kappa shape index (κ1) is 22.5. The third kappa shape index (κ3) is 4.59. The average Bonchev–Trinajstić information content (AvgIpc) is 2.78. The number of allylic oxidation sites excluding steroid dienone is 2. The zero-order chi connectivity index (χ0) is 21.9. The maximum Gasteiger partial charge on any atom is 0.307 e. The molecule has 0 unspecified atom stereocenters. The lowest BCUT2D eigenvalue weighted by Crippen LogP contribution is -2.53. The number of hydrogen-bond acceptors (Lipinski definition) is 4. The number of nitrogens with zero attached hydrogens (tertiary/aromatic N) is 2. The minimum absolute atomic E-state index is 0.193. The fraction of sp³-hybridized carbons (Fsp3) is 0.545. The molecule has 1 aliphatic carbocycles. The molecule has 1 fully saturated rings. The van der Waals surface area contributed by atoms with Gasteiger partial charge in [-0.3, -0.25) is 9.59 Å². The van der Waals surface area contributed by atoms with E-state index < -0.39 is 27.8 Å². The van der Waals surface area contributed by atoms with E-state index in [9.17, 15) is 23.1 Å². The monoisotopic (exact) mass is 434 g/mol. The number of carbonyl (C=O) groups excluding carboxylic acids is 1. The zero-order valence-corrected chi connectivity index (χ0v) is 18.3. The number of piperazine rings is 1. The fourth-order valence-corrected chi connectivity index (χ4v) is 5.52. The van der Waals surface area contributed by atoms with Crippen molar-refractivity contribution < 1.29 is 23.1 Å². The van der Waals surface area contributed by atoms with Gasteiger partial charge >= 0.3 is 5.97 Å². The van der Waals surface area contributed by atoms with Gasteiger partial charge in [-0.2, -0.15) is 4.31 Å². The van der Waals surface area contributed by atoms with Crippen LogP contribution in [0.3, 0.4) is 0 Å². The maximum absolute atomic E-state index is 13.0. The maximum atomic E-state index is 13.0. The van der Waals surface area contributed by atoms with E-state index in [0.29, 0.717) is 18.8 Å². The molecule has 3 atom stereocenters. The molecular formula is C22H30N2O5S. The molecule has 8 heteroatoms. The van der Waals surface area contributed by atoms with Gasteiger partial charge in [0.2, 0.25) is 15.9 Å². The quantitative estimate of drug-likeness (QED) is 0.695. The second-order valence-corrected chi connectivity index (χ2v) is 10.0. The van der Waals surface area contributed by atoms with E-state index in [1.807, 2.05) is 18.2 Å². The van der Waals surface area contributed by atoms with E-state index in [1.54, 1.807) is 23.1 Å². The van der Waals surface area contributed by atoms with Gasteiger partial charge in [0, 0.05) is 26.2 Å². The Hall–Kier alpha value is -2.19. The van der Waals surface area contributed by atoms with Crippen molar-refractivity contribution in [1.82, 2.24) is 9.21 Å². The molecule has 7 nitrogen and oxygen atoms in total. The topological polar surface area (TPSA) is 95.0 Å². The molecule has 1 aromatic carbocycles. The second kappa shape index (κ2) is 9.31. The number of amides is 1. The highest BCUT2D eigenvalue weighted by atomic mass is 32.2. The Balaban J connectivity index is 1.65. The van der Waals surface area contributed by atoms with E-state index in [0.717, 1.165) is 12.0 Å². The van der Waals surface area contributed by atoms with Crippen LogP contribution in [0, 0.1) is 11.8 Å². The largest absolute Gasteiger partial charge is 0.481 e. The van der Waals surface area contributed by atoms with Crippen molar-refractivity contribution in [1.29, 1.82) is 0 Å². The summed E-state index contributed by atoms with van der Waals surface area (Å²) in [5.41, 5.74) is 1.11. The van der Waals surface area contributed by atoms with Crippen LogP contribution in [0.1, 0.15) is 44.6 Å². The van der Waals surface area contributed by atoms with E-state index in [-0.39, 0.29) is 37.0 Å². The number of sulfonamides is 1. The normalized spacial score (nSPS) is 23.9. The fourth-order valence-electron chi connectivity index (χ4n) is 4.10. The number of hydrogen-bond donors (Lipinski definition) is 1. The van der Waals surface area contributed by atoms with E-state index in [1.165, 1.54) is 4.31 Å². The van der Waals surface area contributed by atoms with Gasteiger partial charge in [-0.1, -0.05) is 38.1 Å². The van der Waals surface area contributed by atoms with Crippen molar-refractivity contribution in [2.45, 2.75) is 43.9 Å². The van der Waals surface area contributed by atoms with E-state index in [2.05, 4.69) is 13.8 Å². The molecule has 0 radical (unpaired) electrons. The lowest BCUT2D eigenvalue weighted by Gasteiger charge is -2.37. The highest BCUT2D eigenvalue weighted by Gasteiger charge is 2.38. The third-order valence-electron chi connectivity index (χ3n) is 6.32. The van der Waals surface area contributed by atoms with Gasteiger partial charge in [0.15, 0.2) is 0 Å². The number of rotatable bonds is 6. The summed E-state index contributed by atoms with van der Waals surface area (Å²) in [7, 11) is -3.62. The lowest BCUT2D eigenvalue weighted by atomic mass is 9.82. The molecule has 164 valence electrons. The van der Waals surface area contributed by atoms with Crippen molar-refractivity contribution in [3.05, 3.63) is 42.0 Å². The van der Waals surface area contributed by atoms with Crippen LogP contribution in [0.15, 0.2) is 41.3 Å². The van der Waals surface area contributed by atoms with Crippen LogP contribution in [-0.2, 0) is 19.6 Å². The summed E-state index contributed by atoms with van der Waals surface area (Å²) < 4.78 is 27.4. The van der Waals surface area contributed by atoms with Crippen molar-refractivity contribution >= 4 is 21.9 Å². The molecule has 0 saturated carbocycles. The van der Waals surface area contributed by atoms with Crippen LogP contribution >= 0.6 is 0 Å². The first-order valence-corrected chi connectivity index (χ1v) is 12.0. The minimum Gasteiger partial charge on any atom is -0.481 e. The lowest BCUT2D eigenvalue weighted by molar-refractivity contribution is -0.151. The van der Waals surface area contributed by atoms with Crippen LogP contribution < -0.4 is 0 Å². The molecule has 1 aromatic rings. The highest BCUT2D eigenvalue weighted by molar-refractivity contribution is 7.89. The molecule has 0 spiro atoms. The Morgan fingerprint density at radius 3 is 2.13 bits per heavy atom. The number of carboxylic acids is 1. The first-order chi connectivity index (χ1) is 14.3. The van der Waals surface area contributed by atoms with Gasteiger partial charge in [0.05, 0.1) is 16.7 Å². The number of carboxylic acid groups (broad SMARTS) is 1. The van der Waals surface area contributed by atoms with Gasteiger partial charge < -0.3 is 10.0 Å². The van der Waals surface area contributed by atoms with Crippen molar-refractivity contribution in [3.8, 4) is 0 Å². The minimum atomic E-state index is -3.62. The van der Waals surface area contributed by atoms with E-state index >= 15 is 0 Å². The van der Waals surface area contributed by atoms with Crippen LogP contribution in [0.5, 0.6) is 0 Å². The molecule has 1 heterocycles. The molecule has 1 saturated heterocycles. The molecule has 3 rings (SSSR count). The van der Waals surface area contributed by atoms with Gasteiger partial charge in [-0.15, -0.1) is 0 Å². The molecule has 0 aromatic heterocycles. The number of aliphatic carboxylic acids is 1. The Morgan fingerprint density at radius 2 is 1.60 bits per heavy atom. The third-order valence-corrected chi connectivity index (χ3v) is 8.23. The van der Waals surface area contributed by atoms with Crippen LogP contribution in [-0.4, -0.2) is 60.8 Å². The van der Waals surface area contributed by atoms with E-state index in [4.69, 9.17) is 0 Å². The summed E-state index contributed by atoms with van der Waals surface area (Å²) in [6.45, 7) is 5.17. The Labute approximate surface area is 178 Å². The standard InChI is InChI=1S/C22H30N2O5S/c1-3-16(2)17-8-10-18(11-9-17)30(28,29)24-14-12-23(13-15-24)21(25)19-6-4-5-7-20(19)22(26)27/h4-5,8-11,16,19-20H,3,6-7,12-15H2,1-2H3,(H,26,27)/t16-,19+,20-/m0/s1. The molecular weight excluding hydrogens is 404 g/mol. The number of carbonyl (C=O) groups is 2. The molecule has 2 aliphatic rings.